The van der Waals surface area contributed by atoms with Crippen LogP contribution in [0.25, 0.3) is 10.9 Å². The average molecular weight is 441 g/mol. The molecule has 0 spiro atoms. The van der Waals surface area contributed by atoms with E-state index in [2.05, 4.69) is 10.4 Å². The van der Waals surface area contributed by atoms with Crippen molar-refractivity contribution in [3.63, 3.8) is 0 Å². The van der Waals surface area contributed by atoms with Crippen LogP contribution in [0.15, 0.2) is 70.5 Å². The summed E-state index contributed by atoms with van der Waals surface area (Å²) >= 11 is 0. The van der Waals surface area contributed by atoms with E-state index in [0.717, 1.165) is 0 Å². The Kier molecular flexibility index (Phi) is 6.15. The lowest BCUT2D eigenvalue weighted by atomic mass is 9.98. The molecule has 2 aromatic carbocycles. The van der Waals surface area contributed by atoms with E-state index in [1.54, 1.807) is 54.6 Å². The quantitative estimate of drug-likeness (QED) is 0.628. The second kappa shape index (κ2) is 8.99. The summed E-state index contributed by atoms with van der Waals surface area (Å²) in [6.07, 6.45) is 2.59. The first-order chi connectivity index (χ1) is 14.9. The molecule has 1 fully saturated rings. The monoisotopic (exact) mass is 440 g/mol. The molecule has 0 radical (unpaired) electrons. The molecular formula is C22H24N4O4S. The van der Waals surface area contributed by atoms with Gasteiger partial charge in [0.15, 0.2) is 0 Å². The fraction of sp³-hybridized carbons (Fsp3) is 0.318. The fourth-order valence-corrected chi connectivity index (χ4v) is 5.32. The van der Waals surface area contributed by atoms with E-state index in [1.165, 1.54) is 15.2 Å². The average Bonchev–Trinajstić information content (AvgIpc) is 2.80. The van der Waals surface area contributed by atoms with Gasteiger partial charge in [-0.05, 0) is 43.0 Å². The van der Waals surface area contributed by atoms with Crippen molar-refractivity contribution in [2.24, 2.45) is 5.92 Å². The Balaban J connectivity index is 1.31. The van der Waals surface area contributed by atoms with Crippen LogP contribution in [-0.2, 0) is 21.4 Å². The molecule has 0 atom stereocenters. The third-order valence-corrected chi connectivity index (χ3v) is 7.51. The normalized spacial score (nSPS) is 15.7. The van der Waals surface area contributed by atoms with Crippen molar-refractivity contribution in [2.45, 2.75) is 24.3 Å². The third-order valence-electron chi connectivity index (χ3n) is 5.60. The summed E-state index contributed by atoms with van der Waals surface area (Å²) in [7, 11) is -3.47. The van der Waals surface area contributed by atoms with Crippen molar-refractivity contribution < 1.29 is 13.2 Å². The minimum absolute atomic E-state index is 0.0159. The van der Waals surface area contributed by atoms with Crippen molar-refractivity contribution in [1.82, 2.24) is 19.4 Å². The minimum Gasteiger partial charge on any atom is -0.354 e. The van der Waals surface area contributed by atoms with Gasteiger partial charge in [0, 0.05) is 25.0 Å². The Hall–Kier alpha value is -3.04. The number of hydrogen-bond acceptors (Lipinski definition) is 5. The number of hydrogen-bond donors (Lipinski definition) is 1. The summed E-state index contributed by atoms with van der Waals surface area (Å²) in [5.74, 6) is 0.0190. The number of nitrogens with zero attached hydrogens (tertiary/aromatic N) is 3. The molecule has 31 heavy (non-hydrogen) atoms. The number of benzene rings is 2. The van der Waals surface area contributed by atoms with Crippen LogP contribution in [0.2, 0.25) is 0 Å². The second-order valence-corrected chi connectivity index (χ2v) is 9.59. The summed E-state index contributed by atoms with van der Waals surface area (Å²) in [4.78, 5) is 24.7. The first-order valence-corrected chi connectivity index (χ1v) is 11.7. The SMILES string of the molecule is O=C(Cn1ncc(=O)c2ccccc21)NCC1CCN(S(=O)(=O)c2ccccc2)CC1. The zero-order valence-electron chi connectivity index (χ0n) is 17.0. The number of para-hydroxylation sites is 1. The van der Waals surface area contributed by atoms with Crippen LogP contribution in [-0.4, -0.2) is 48.0 Å². The van der Waals surface area contributed by atoms with Crippen molar-refractivity contribution in [1.29, 1.82) is 0 Å². The molecule has 0 aliphatic carbocycles. The van der Waals surface area contributed by atoms with Gasteiger partial charge in [-0.2, -0.15) is 9.40 Å². The topological polar surface area (TPSA) is 101 Å². The second-order valence-electron chi connectivity index (χ2n) is 7.65. The van der Waals surface area contributed by atoms with Crippen molar-refractivity contribution in [2.75, 3.05) is 19.6 Å². The Labute approximate surface area is 180 Å². The van der Waals surface area contributed by atoms with Crippen LogP contribution in [0.3, 0.4) is 0 Å². The maximum Gasteiger partial charge on any atom is 0.243 e. The molecule has 8 nitrogen and oxygen atoms in total. The smallest absolute Gasteiger partial charge is 0.243 e. The summed E-state index contributed by atoms with van der Waals surface area (Å²) < 4.78 is 28.5. The highest BCUT2D eigenvalue weighted by Gasteiger charge is 2.29. The van der Waals surface area contributed by atoms with E-state index in [9.17, 15) is 18.0 Å². The van der Waals surface area contributed by atoms with Crippen LogP contribution in [0.5, 0.6) is 0 Å². The molecule has 0 unspecified atom stereocenters. The van der Waals surface area contributed by atoms with Crippen molar-refractivity contribution >= 4 is 26.8 Å². The summed E-state index contributed by atoms with van der Waals surface area (Å²) in [5.41, 5.74) is 0.439. The molecule has 4 rings (SSSR count). The lowest BCUT2D eigenvalue weighted by Gasteiger charge is -2.31. The van der Waals surface area contributed by atoms with Crippen molar-refractivity contribution in [3.8, 4) is 0 Å². The van der Waals surface area contributed by atoms with Crippen LogP contribution in [0.1, 0.15) is 12.8 Å². The van der Waals surface area contributed by atoms with E-state index >= 15 is 0 Å². The van der Waals surface area contributed by atoms with E-state index in [-0.39, 0.29) is 23.8 Å². The number of nitrogens with one attached hydrogen (secondary N) is 1. The first-order valence-electron chi connectivity index (χ1n) is 10.2. The van der Waals surface area contributed by atoms with Crippen molar-refractivity contribution in [3.05, 3.63) is 71.0 Å². The number of carbonyl (C=O) groups is 1. The number of piperidine rings is 1. The van der Waals surface area contributed by atoms with Gasteiger partial charge in [-0.1, -0.05) is 30.3 Å². The van der Waals surface area contributed by atoms with Crippen LogP contribution >= 0.6 is 0 Å². The highest BCUT2D eigenvalue weighted by atomic mass is 32.2. The maximum absolute atomic E-state index is 12.7. The van der Waals surface area contributed by atoms with Gasteiger partial charge >= 0.3 is 0 Å². The van der Waals surface area contributed by atoms with Gasteiger partial charge in [-0.3, -0.25) is 14.3 Å². The Morgan fingerprint density at radius 1 is 1.03 bits per heavy atom. The molecule has 0 saturated carbocycles. The predicted molar refractivity (Wildman–Crippen MR) is 117 cm³/mol. The number of aromatic nitrogens is 2. The molecule has 1 aliphatic rings. The van der Waals surface area contributed by atoms with E-state index in [0.29, 0.717) is 48.3 Å². The number of sulfonamides is 1. The molecule has 1 saturated heterocycles. The molecule has 3 aromatic rings. The molecule has 1 aromatic heterocycles. The van der Waals surface area contributed by atoms with Crippen LogP contribution in [0.4, 0.5) is 0 Å². The third kappa shape index (κ3) is 4.67. The number of amides is 1. The Morgan fingerprint density at radius 2 is 1.71 bits per heavy atom. The largest absolute Gasteiger partial charge is 0.354 e. The van der Waals surface area contributed by atoms with Gasteiger partial charge in [0.25, 0.3) is 0 Å². The van der Waals surface area contributed by atoms with Gasteiger partial charge in [0.2, 0.25) is 21.4 Å². The number of rotatable bonds is 6. The highest BCUT2D eigenvalue weighted by Crippen LogP contribution is 2.23. The van der Waals surface area contributed by atoms with Gasteiger partial charge in [0.05, 0.1) is 16.6 Å². The molecule has 1 N–H and O–H groups in total. The van der Waals surface area contributed by atoms with E-state index in [4.69, 9.17) is 0 Å². The molecule has 0 bridgehead atoms. The lowest BCUT2D eigenvalue weighted by Crippen LogP contribution is -2.42. The Morgan fingerprint density at radius 3 is 2.45 bits per heavy atom. The molecule has 1 aliphatic heterocycles. The predicted octanol–water partition coefficient (Wildman–Crippen LogP) is 1.61. The molecule has 2 heterocycles. The first kappa shape index (κ1) is 21.2. The summed E-state index contributed by atoms with van der Waals surface area (Å²) in [6, 6.07) is 15.5. The molecule has 162 valence electrons. The summed E-state index contributed by atoms with van der Waals surface area (Å²) in [5, 5.41) is 7.52. The van der Waals surface area contributed by atoms with Gasteiger partial charge in [-0.15, -0.1) is 0 Å². The molecule has 9 heteroatoms. The standard InChI is InChI=1S/C22H24N4O4S/c27-21-15-24-26(20-9-5-4-8-19(20)21)16-22(28)23-14-17-10-12-25(13-11-17)31(29,30)18-6-2-1-3-7-18/h1-9,15,17H,10-14,16H2,(H,23,28). The van der Waals surface area contributed by atoms with E-state index < -0.39 is 10.0 Å². The van der Waals surface area contributed by atoms with Crippen LogP contribution in [0, 0.1) is 5.92 Å². The number of fused-ring (bicyclic) bond motifs is 1. The zero-order valence-corrected chi connectivity index (χ0v) is 17.8. The Bertz CT molecular complexity index is 1230. The fourth-order valence-electron chi connectivity index (χ4n) is 3.83. The van der Waals surface area contributed by atoms with E-state index in [1.807, 2.05) is 0 Å². The zero-order chi connectivity index (χ0) is 21.8. The van der Waals surface area contributed by atoms with Gasteiger partial charge in [0.1, 0.15) is 6.54 Å². The lowest BCUT2D eigenvalue weighted by molar-refractivity contribution is -0.122. The minimum atomic E-state index is -3.47. The summed E-state index contributed by atoms with van der Waals surface area (Å²) in [6.45, 7) is 1.37. The highest BCUT2D eigenvalue weighted by molar-refractivity contribution is 7.89. The molecule has 1 amide bonds. The van der Waals surface area contributed by atoms with Gasteiger partial charge in [-0.25, -0.2) is 8.42 Å². The number of carbonyl (C=O) groups excluding carboxylic acids is 1. The van der Waals surface area contributed by atoms with Gasteiger partial charge < -0.3 is 5.32 Å². The maximum atomic E-state index is 12.7. The molecular weight excluding hydrogens is 416 g/mol. The van der Waals surface area contributed by atoms with Crippen LogP contribution < -0.4 is 10.7 Å².